The van der Waals surface area contributed by atoms with Crippen LogP contribution in [-0.4, -0.2) is 4.99 Å². The lowest BCUT2D eigenvalue weighted by Crippen LogP contribution is -2.35. The van der Waals surface area contributed by atoms with Gasteiger partial charge in [0.2, 0.25) is 0 Å². The number of hydrogen-bond acceptors (Lipinski definition) is 1. The van der Waals surface area contributed by atoms with E-state index in [0.717, 1.165) is 29.2 Å². The Bertz CT molecular complexity index is 178. The van der Waals surface area contributed by atoms with Gasteiger partial charge in [-0.3, -0.25) is 0 Å². The highest BCUT2D eigenvalue weighted by atomic mass is 32.1. The Morgan fingerprint density at radius 2 is 2.27 bits per heavy atom. The van der Waals surface area contributed by atoms with E-state index < -0.39 is 0 Å². The molecule has 0 aromatic rings. The van der Waals surface area contributed by atoms with Crippen LogP contribution in [-0.2, 0) is 0 Å². The minimum absolute atomic E-state index is 0.723. The van der Waals surface area contributed by atoms with Crippen molar-refractivity contribution in [3.8, 4) is 0 Å². The molecule has 0 heterocycles. The summed E-state index contributed by atoms with van der Waals surface area (Å²) in [5.41, 5.74) is 5.52. The maximum Gasteiger partial charge on any atom is 0.0730 e. The van der Waals surface area contributed by atoms with Crippen molar-refractivity contribution in [2.45, 2.75) is 32.1 Å². The van der Waals surface area contributed by atoms with Crippen molar-refractivity contribution in [1.82, 2.24) is 0 Å². The van der Waals surface area contributed by atoms with Crippen LogP contribution in [0.25, 0.3) is 0 Å². The molecule has 2 heteroatoms. The molecule has 0 aromatic carbocycles. The number of fused-ring (bicyclic) bond motifs is 1. The van der Waals surface area contributed by atoms with E-state index in [1.807, 2.05) is 0 Å². The zero-order chi connectivity index (χ0) is 7.84. The predicted octanol–water partition coefficient (Wildman–Crippen LogP) is 2.10. The molecule has 1 nitrogen and oxygen atoms in total. The summed E-state index contributed by atoms with van der Waals surface area (Å²) in [5.74, 6) is 2.91. The molecule has 3 unspecified atom stereocenters. The first-order chi connectivity index (χ1) is 5.27. The van der Waals surface area contributed by atoms with E-state index in [2.05, 4.69) is 0 Å². The lowest BCUT2D eigenvalue weighted by atomic mass is 9.65. The molecule has 62 valence electrons. The van der Waals surface area contributed by atoms with Crippen molar-refractivity contribution >= 4 is 17.2 Å². The molecule has 2 aliphatic carbocycles. The van der Waals surface area contributed by atoms with Crippen LogP contribution in [0.4, 0.5) is 0 Å². The highest BCUT2D eigenvalue weighted by Gasteiger charge is 2.43. The number of nitrogens with two attached hydrogens (primary N) is 1. The summed E-state index contributed by atoms with van der Waals surface area (Å²) >= 11 is 4.91. The van der Waals surface area contributed by atoms with Crippen LogP contribution < -0.4 is 5.73 Å². The lowest BCUT2D eigenvalue weighted by molar-refractivity contribution is 0.110. The van der Waals surface area contributed by atoms with Crippen LogP contribution in [0.5, 0.6) is 0 Å². The van der Waals surface area contributed by atoms with Crippen LogP contribution in [0, 0.1) is 17.8 Å². The summed E-state index contributed by atoms with van der Waals surface area (Å²) in [5, 5.41) is 0. The van der Waals surface area contributed by atoms with Crippen molar-refractivity contribution in [3.05, 3.63) is 0 Å². The van der Waals surface area contributed by atoms with Crippen LogP contribution >= 0.6 is 12.2 Å². The highest BCUT2D eigenvalue weighted by molar-refractivity contribution is 7.80. The summed E-state index contributed by atoms with van der Waals surface area (Å²) in [7, 11) is 0. The van der Waals surface area contributed by atoms with Gasteiger partial charge in [-0.25, -0.2) is 0 Å². The maximum atomic E-state index is 5.52. The molecule has 2 N–H and O–H groups in total. The molecule has 11 heavy (non-hydrogen) atoms. The summed E-state index contributed by atoms with van der Waals surface area (Å²) in [4.78, 5) is 0.723. The van der Waals surface area contributed by atoms with Crippen LogP contribution in [0.2, 0.25) is 0 Å². The Kier molecular flexibility index (Phi) is 1.88. The molecule has 2 rings (SSSR count). The maximum absolute atomic E-state index is 5.52. The summed E-state index contributed by atoms with van der Waals surface area (Å²) in [6, 6.07) is 0. The van der Waals surface area contributed by atoms with Gasteiger partial charge in [0.05, 0.1) is 4.99 Å². The average Bonchev–Trinajstić information content (AvgIpc) is 2.26. The van der Waals surface area contributed by atoms with Gasteiger partial charge < -0.3 is 5.73 Å². The number of hydrogen-bond donors (Lipinski definition) is 1. The molecule has 0 spiro atoms. The highest BCUT2D eigenvalue weighted by Crippen LogP contribution is 2.52. The molecule has 3 atom stereocenters. The van der Waals surface area contributed by atoms with E-state index in [9.17, 15) is 0 Å². The van der Waals surface area contributed by atoms with Crippen molar-refractivity contribution in [2.24, 2.45) is 23.5 Å². The van der Waals surface area contributed by atoms with Gasteiger partial charge in [0.25, 0.3) is 0 Å². The summed E-state index contributed by atoms with van der Waals surface area (Å²) < 4.78 is 0. The molecule has 0 bridgehead atoms. The Morgan fingerprint density at radius 1 is 1.45 bits per heavy atom. The topological polar surface area (TPSA) is 26.0 Å². The molecule has 2 saturated carbocycles. The van der Waals surface area contributed by atoms with Crippen molar-refractivity contribution in [1.29, 1.82) is 0 Å². The fourth-order valence-corrected chi connectivity index (χ4v) is 3.05. The third kappa shape index (κ3) is 1.28. The summed E-state index contributed by atoms with van der Waals surface area (Å²) in [6.45, 7) is 0. The monoisotopic (exact) mass is 169 g/mol. The quantitative estimate of drug-likeness (QED) is 0.641. The molecular weight excluding hydrogens is 154 g/mol. The van der Waals surface area contributed by atoms with Gasteiger partial charge in [-0.15, -0.1) is 0 Å². The van der Waals surface area contributed by atoms with E-state index in [1.165, 1.54) is 25.7 Å². The minimum Gasteiger partial charge on any atom is -0.393 e. The van der Waals surface area contributed by atoms with Crippen LogP contribution in [0.1, 0.15) is 32.1 Å². The predicted molar refractivity (Wildman–Crippen MR) is 50.3 cm³/mol. The van der Waals surface area contributed by atoms with E-state index in [4.69, 9.17) is 18.0 Å². The molecule has 0 aliphatic heterocycles. The zero-order valence-electron chi connectivity index (χ0n) is 6.75. The lowest BCUT2D eigenvalue weighted by Gasteiger charge is -2.40. The second-order valence-electron chi connectivity index (χ2n) is 4.02. The van der Waals surface area contributed by atoms with Gasteiger partial charge in [0, 0.05) is 6.42 Å². The third-order valence-corrected chi connectivity index (χ3v) is 3.56. The van der Waals surface area contributed by atoms with Crippen molar-refractivity contribution in [3.63, 3.8) is 0 Å². The molecule has 2 fully saturated rings. The van der Waals surface area contributed by atoms with E-state index in [0.29, 0.717) is 0 Å². The van der Waals surface area contributed by atoms with Gasteiger partial charge in [-0.1, -0.05) is 25.1 Å². The first-order valence-electron chi connectivity index (χ1n) is 4.55. The van der Waals surface area contributed by atoms with Crippen LogP contribution in [0.15, 0.2) is 0 Å². The molecule has 0 radical (unpaired) electrons. The first-order valence-corrected chi connectivity index (χ1v) is 4.96. The fourth-order valence-electron chi connectivity index (χ4n) is 2.84. The number of thiocarbonyl (C=S) groups is 1. The third-order valence-electron chi connectivity index (χ3n) is 3.39. The van der Waals surface area contributed by atoms with Crippen LogP contribution in [0.3, 0.4) is 0 Å². The summed E-state index contributed by atoms with van der Waals surface area (Å²) in [6.07, 6.45) is 6.78. The van der Waals surface area contributed by atoms with E-state index in [-0.39, 0.29) is 0 Å². The molecule has 0 aromatic heterocycles. The second kappa shape index (κ2) is 2.74. The minimum atomic E-state index is 0.723. The molecule has 0 saturated heterocycles. The smallest absolute Gasteiger partial charge is 0.0730 e. The standard InChI is InChI=1S/C9H15NS/c10-9(11)5-7-4-6-2-1-3-8(6)7/h6-8H,1-5H2,(H2,10,11). The Labute approximate surface area is 73.3 Å². The van der Waals surface area contributed by atoms with Gasteiger partial charge in [-0.05, 0) is 30.6 Å². The second-order valence-corrected chi connectivity index (χ2v) is 4.55. The Hall–Kier alpha value is -0.110. The average molecular weight is 169 g/mol. The van der Waals surface area contributed by atoms with Crippen molar-refractivity contribution in [2.75, 3.05) is 0 Å². The Balaban J connectivity index is 1.85. The Morgan fingerprint density at radius 3 is 2.91 bits per heavy atom. The molecule has 0 amide bonds. The van der Waals surface area contributed by atoms with Gasteiger partial charge in [-0.2, -0.15) is 0 Å². The zero-order valence-corrected chi connectivity index (χ0v) is 7.57. The van der Waals surface area contributed by atoms with Crippen molar-refractivity contribution < 1.29 is 0 Å². The van der Waals surface area contributed by atoms with Gasteiger partial charge >= 0.3 is 0 Å². The SMILES string of the molecule is NC(=S)CC1CC2CCCC21. The van der Waals surface area contributed by atoms with Gasteiger partial charge in [0.15, 0.2) is 0 Å². The molecular formula is C9H15NS. The first kappa shape index (κ1) is 7.53. The van der Waals surface area contributed by atoms with E-state index in [1.54, 1.807) is 0 Å². The normalized spacial score (nSPS) is 41.3. The van der Waals surface area contributed by atoms with E-state index >= 15 is 0 Å². The number of rotatable bonds is 2. The van der Waals surface area contributed by atoms with Gasteiger partial charge in [0.1, 0.15) is 0 Å². The fraction of sp³-hybridized carbons (Fsp3) is 0.889. The largest absolute Gasteiger partial charge is 0.393 e. The molecule has 2 aliphatic rings.